The van der Waals surface area contributed by atoms with Crippen molar-refractivity contribution in [3.05, 3.63) is 47.2 Å². The van der Waals surface area contributed by atoms with Crippen LogP contribution in [0, 0.1) is 13.8 Å². The van der Waals surface area contributed by atoms with E-state index in [1.807, 2.05) is 49.1 Å². The van der Waals surface area contributed by atoms with Gasteiger partial charge in [-0.2, -0.15) is 0 Å². The van der Waals surface area contributed by atoms with Gasteiger partial charge in [0.2, 0.25) is 0 Å². The fraction of sp³-hybridized carbons (Fsp3) is 0.350. The molecule has 1 amide bonds. The van der Waals surface area contributed by atoms with Crippen LogP contribution in [0.1, 0.15) is 34.5 Å². The van der Waals surface area contributed by atoms with Gasteiger partial charge in [-0.25, -0.2) is 4.98 Å². The molecule has 2 aromatic heterocycles. The predicted octanol–water partition coefficient (Wildman–Crippen LogP) is 3.07. The number of likely N-dealkylation sites (tertiary alicyclic amines) is 1. The SMILES string of the molecule is Cc1ccc(-c2cc(C(=O)N3CCCC3CN)c3c(C)noc3n2)cc1. The molecule has 6 nitrogen and oxygen atoms in total. The first-order valence-corrected chi connectivity index (χ1v) is 8.93. The minimum atomic E-state index is -0.0231. The largest absolute Gasteiger partial charge is 0.335 e. The summed E-state index contributed by atoms with van der Waals surface area (Å²) in [6.45, 7) is 5.08. The Bertz CT molecular complexity index is 962. The average molecular weight is 350 g/mol. The van der Waals surface area contributed by atoms with Crippen molar-refractivity contribution >= 4 is 17.0 Å². The zero-order valence-electron chi connectivity index (χ0n) is 15.0. The van der Waals surface area contributed by atoms with Crippen LogP contribution in [0.15, 0.2) is 34.9 Å². The number of aryl methyl sites for hydroxylation is 2. The maximum absolute atomic E-state index is 13.3. The summed E-state index contributed by atoms with van der Waals surface area (Å²) < 4.78 is 5.38. The van der Waals surface area contributed by atoms with Gasteiger partial charge in [0.1, 0.15) is 0 Å². The Morgan fingerprint density at radius 1 is 1.31 bits per heavy atom. The van der Waals surface area contributed by atoms with E-state index in [9.17, 15) is 4.79 Å². The number of rotatable bonds is 3. The lowest BCUT2D eigenvalue weighted by atomic mass is 10.0. The van der Waals surface area contributed by atoms with Crippen LogP contribution in [-0.2, 0) is 0 Å². The molecule has 0 aliphatic carbocycles. The van der Waals surface area contributed by atoms with Crippen LogP contribution in [-0.4, -0.2) is 40.1 Å². The molecule has 1 aromatic carbocycles. The molecule has 0 spiro atoms. The molecule has 0 bridgehead atoms. The van der Waals surface area contributed by atoms with E-state index in [-0.39, 0.29) is 11.9 Å². The Hall–Kier alpha value is -2.73. The molecule has 134 valence electrons. The fourth-order valence-electron chi connectivity index (χ4n) is 3.64. The van der Waals surface area contributed by atoms with Crippen LogP contribution < -0.4 is 5.73 Å². The highest BCUT2D eigenvalue weighted by Gasteiger charge is 2.31. The van der Waals surface area contributed by atoms with Crippen LogP contribution in [0.25, 0.3) is 22.4 Å². The highest BCUT2D eigenvalue weighted by molar-refractivity contribution is 6.07. The number of hydrogen-bond acceptors (Lipinski definition) is 5. The van der Waals surface area contributed by atoms with Crippen molar-refractivity contribution in [2.24, 2.45) is 5.73 Å². The fourth-order valence-corrected chi connectivity index (χ4v) is 3.64. The number of carbonyl (C=O) groups excluding carboxylic acids is 1. The van der Waals surface area contributed by atoms with Crippen molar-refractivity contribution in [1.82, 2.24) is 15.0 Å². The molecule has 2 N–H and O–H groups in total. The second kappa shape index (κ2) is 6.53. The lowest BCUT2D eigenvalue weighted by Crippen LogP contribution is -2.40. The molecule has 1 aliphatic heterocycles. The summed E-state index contributed by atoms with van der Waals surface area (Å²) in [6, 6.07) is 10.00. The van der Waals surface area contributed by atoms with Gasteiger partial charge in [0, 0.05) is 24.7 Å². The summed E-state index contributed by atoms with van der Waals surface area (Å²) in [7, 11) is 0. The molecule has 6 heteroatoms. The van der Waals surface area contributed by atoms with E-state index < -0.39 is 0 Å². The number of fused-ring (bicyclic) bond motifs is 1. The van der Waals surface area contributed by atoms with Gasteiger partial charge in [0.05, 0.1) is 22.3 Å². The molecular formula is C20H22N4O2. The summed E-state index contributed by atoms with van der Waals surface area (Å²) in [5.74, 6) is -0.0231. The molecule has 3 aromatic rings. The zero-order valence-corrected chi connectivity index (χ0v) is 15.0. The third-order valence-corrected chi connectivity index (χ3v) is 5.10. The molecule has 1 aliphatic rings. The normalized spacial score (nSPS) is 17.2. The maximum Gasteiger partial charge on any atom is 0.259 e. The number of nitrogens with two attached hydrogens (primary N) is 1. The van der Waals surface area contributed by atoms with Crippen molar-refractivity contribution in [3.8, 4) is 11.3 Å². The van der Waals surface area contributed by atoms with Gasteiger partial charge in [-0.15, -0.1) is 0 Å². The van der Waals surface area contributed by atoms with E-state index in [2.05, 4.69) is 10.1 Å². The molecule has 26 heavy (non-hydrogen) atoms. The summed E-state index contributed by atoms with van der Waals surface area (Å²) in [5.41, 5.74) is 10.3. The van der Waals surface area contributed by atoms with Gasteiger partial charge >= 0.3 is 0 Å². The van der Waals surface area contributed by atoms with Gasteiger partial charge in [0.25, 0.3) is 11.6 Å². The van der Waals surface area contributed by atoms with Gasteiger partial charge in [-0.05, 0) is 32.8 Å². The summed E-state index contributed by atoms with van der Waals surface area (Å²) in [4.78, 5) is 19.7. The quantitative estimate of drug-likeness (QED) is 0.784. The Morgan fingerprint density at radius 3 is 2.81 bits per heavy atom. The summed E-state index contributed by atoms with van der Waals surface area (Å²) in [5, 5.41) is 4.71. The molecule has 1 atom stereocenters. The Balaban J connectivity index is 1.85. The van der Waals surface area contributed by atoms with Crippen LogP contribution in [0.3, 0.4) is 0 Å². The first-order chi connectivity index (χ1) is 12.6. The topological polar surface area (TPSA) is 85.2 Å². The number of amides is 1. The minimum Gasteiger partial charge on any atom is -0.335 e. The molecule has 1 fully saturated rings. The van der Waals surface area contributed by atoms with Crippen molar-refractivity contribution in [3.63, 3.8) is 0 Å². The lowest BCUT2D eigenvalue weighted by Gasteiger charge is -2.24. The van der Waals surface area contributed by atoms with Crippen molar-refractivity contribution in [1.29, 1.82) is 0 Å². The molecule has 4 rings (SSSR count). The van der Waals surface area contributed by atoms with Crippen LogP contribution in [0.4, 0.5) is 0 Å². The Labute approximate surface area is 152 Å². The monoisotopic (exact) mass is 350 g/mol. The van der Waals surface area contributed by atoms with Gasteiger partial charge in [-0.3, -0.25) is 4.79 Å². The number of hydrogen-bond donors (Lipinski definition) is 1. The van der Waals surface area contributed by atoms with Crippen molar-refractivity contribution in [2.75, 3.05) is 13.1 Å². The third-order valence-electron chi connectivity index (χ3n) is 5.10. The average Bonchev–Trinajstić information content (AvgIpc) is 3.28. The van der Waals surface area contributed by atoms with E-state index >= 15 is 0 Å². The lowest BCUT2D eigenvalue weighted by molar-refractivity contribution is 0.0743. The van der Waals surface area contributed by atoms with Crippen LogP contribution >= 0.6 is 0 Å². The number of carbonyl (C=O) groups is 1. The van der Waals surface area contributed by atoms with Crippen LogP contribution in [0.5, 0.6) is 0 Å². The molecule has 1 saturated heterocycles. The Kier molecular flexibility index (Phi) is 4.20. The van der Waals surface area contributed by atoms with Crippen LogP contribution in [0.2, 0.25) is 0 Å². The molecule has 0 radical (unpaired) electrons. The van der Waals surface area contributed by atoms with Crippen molar-refractivity contribution < 1.29 is 9.32 Å². The molecule has 0 saturated carbocycles. The highest BCUT2D eigenvalue weighted by Crippen LogP contribution is 2.30. The summed E-state index contributed by atoms with van der Waals surface area (Å²) in [6.07, 6.45) is 1.93. The first-order valence-electron chi connectivity index (χ1n) is 8.93. The molecular weight excluding hydrogens is 328 g/mol. The number of nitrogens with zero attached hydrogens (tertiary/aromatic N) is 3. The predicted molar refractivity (Wildman–Crippen MR) is 99.8 cm³/mol. The number of pyridine rings is 1. The van der Waals surface area contributed by atoms with Gasteiger partial charge in [0.15, 0.2) is 0 Å². The smallest absolute Gasteiger partial charge is 0.259 e. The highest BCUT2D eigenvalue weighted by atomic mass is 16.5. The first kappa shape index (κ1) is 16.7. The number of aromatic nitrogens is 2. The summed E-state index contributed by atoms with van der Waals surface area (Å²) >= 11 is 0. The molecule has 3 heterocycles. The minimum absolute atomic E-state index is 0.0231. The van der Waals surface area contributed by atoms with E-state index in [1.165, 1.54) is 5.56 Å². The van der Waals surface area contributed by atoms with Crippen molar-refractivity contribution in [2.45, 2.75) is 32.7 Å². The standard InChI is InChI=1S/C20H22N4O2/c1-12-5-7-14(8-6-12)17-10-16(18-13(2)23-26-19(18)22-17)20(25)24-9-3-4-15(24)11-21/h5-8,10,15H,3-4,9,11,21H2,1-2H3. The molecule has 1 unspecified atom stereocenters. The van der Waals surface area contributed by atoms with E-state index in [1.54, 1.807) is 0 Å². The second-order valence-corrected chi connectivity index (χ2v) is 6.90. The van der Waals surface area contributed by atoms with E-state index in [0.717, 1.165) is 24.9 Å². The maximum atomic E-state index is 13.3. The third kappa shape index (κ3) is 2.76. The zero-order chi connectivity index (χ0) is 18.3. The number of benzene rings is 1. The Morgan fingerprint density at radius 2 is 2.08 bits per heavy atom. The van der Waals surface area contributed by atoms with Gasteiger partial charge in [-0.1, -0.05) is 35.0 Å². The van der Waals surface area contributed by atoms with E-state index in [4.69, 9.17) is 10.3 Å². The second-order valence-electron chi connectivity index (χ2n) is 6.90. The van der Waals surface area contributed by atoms with Gasteiger partial charge < -0.3 is 15.2 Å². The van der Waals surface area contributed by atoms with E-state index in [0.29, 0.717) is 34.6 Å².